The quantitative estimate of drug-likeness (QED) is 0.622. The Bertz CT molecular complexity index is 1020. The number of rotatable bonds is 5. The normalized spacial score (nSPS) is 14.7. The van der Waals surface area contributed by atoms with Crippen LogP contribution < -0.4 is 0 Å². The van der Waals surface area contributed by atoms with Crippen LogP contribution in [-0.4, -0.2) is 27.6 Å². The van der Waals surface area contributed by atoms with Gasteiger partial charge in [0.25, 0.3) is 0 Å². The predicted molar refractivity (Wildman–Crippen MR) is 112 cm³/mol. The van der Waals surface area contributed by atoms with Gasteiger partial charge < -0.3 is 4.90 Å². The molecule has 0 N–H and O–H groups in total. The van der Waals surface area contributed by atoms with Crippen molar-refractivity contribution in [3.8, 4) is 5.69 Å². The fourth-order valence-corrected chi connectivity index (χ4v) is 4.13. The van der Waals surface area contributed by atoms with E-state index in [0.29, 0.717) is 11.6 Å². The number of hydrogen-bond donors (Lipinski definition) is 0. The van der Waals surface area contributed by atoms with Crippen LogP contribution in [0.3, 0.4) is 0 Å². The number of hydrogen-bond acceptors (Lipinski definition) is 2. The van der Waals surface area contributed by atoms with E-state index in [-0.39, 0.29) is 5.91 Å². The van der Waals surface area contributed by atoms with Gasteiger partial charge in [-0.2, -0.15) is 5.10 Å². The van der Waals surface area contributed by atoms with Gasteiger partial charge >= 0.3 is 0 Å². The smallest absolute Gasteiger partial charge is 0.233 e. The minimum absolute atomic E-state index is 0.154. The molecule has 0 bridgehead atoms. The highest BCUT2D eigenvalue weighted by Gasteiger charge is 2.52. The van der Waals surface area contributed by atoms with E-state index in [1.807, 2.05) is 78.2 Å². The summed E-state index contributed by atoms with van der Waals surface area (Å²) in [5.74, 6) is 0.154. The summed E-state index contributed by atoms with van der Waals surface area (Å²) < 4.78 is 1.95. The van der Waals surface area contributed by atoms with Crippen LogP contribution in [0.4, 0.5) is 0 Å². The van der Waals surface area contributed by atoms with E-state index in [9.17, 15) is 4.79 Å². The summed E-state index contributed by atoms with van der Waals surface area (Å²) in [5.41, 5.74) is 4.74. The van der Waals surface area contributed by atoms with Crippen molar-refractivity contribution in [3.05, 3.63) is 82.1 Å². The van der Waals surface area contributed by atoms with Crippen molar-refractivity contribution in [3.63, 3.8) is 0 Å². The lowest BCUT2D eigenvalue weighted by Crippen LogP contribution is -2.36. The van der Waals surface area contributed by atoms with Crippen LogP contribution in [0.5, 0.6) is 0 Å². The van der Waals surface area contributed by atoms with Gasteiger partial charge in [-0.15, -0.1) is 0 Å². The first-order valence-electron chi connectivity index (χ1n) is 9.54. The molecule has 0 spiro atoms. The van der Waals surface area contributed by atoms with Crippen molar-refractivity contribution in [1.29, 1.82) is 0 Å². The third kappa shape index (κ3) is 3.22. The molecule has 0 saturated heterocycles. The number of carbonyl (C=O) groups excluding carboxylic acids is 1. The molecule has 3 aromatic rings. The molecule has 1 heterocycles. The van der Waals surface area contributed by atoms with Gasteiger partial charge in [-0.05, 0) is 56.5 Å². The Morgan fingerprint density at radius 1 is 1.14 bits per heavy atom. The standard InChI is InChI=1S/C23H24ClN3O/c1-16-21(17(2)27(25-16)20-10-5-4-6-11-20)15-26(3)22(28)23(12-13-23)18-8-7-9-19(24)14-18/h4-11,14H,12-13,15H2,1-3H3. The Hall–Kier alpha value is -2.59. The minimum atomic E-state index is -0.420. The first-order chi connectivity index (χ1) is 13.4. The molecular formula is C23H24ClN3O. The zero-order valence-corrected chi connectivity index (χ0v) is 17.2. The van der Waals surface area contributed by atoms with E-state index in [1.165, 1.54) is 0 Å². The van der Waals surface area contributed by atoms with E-state index in [0.717, 1.165) is 41.0 Å². The van der Waals surface area contributed by atoms with Gasteiger partial charge in [-0.25, -0.2) is 4.68 Å². The highest BCUT2D eigenvalue weighted by Crippen LogP contribution is 2.50. The van der Waals surface area contributed by atoms with Crippen molar-refractivity contribution in [2.75, 3.05) is 7.05 Å². The summed E-state index contributed by atoms with van der Waals surface area (Å²) in [5, 5.41) is 5.38. The molecule has 1 saturated carbocycles. The number of carbonyl (C=O) groups is 1. The molecule has 0 aliphatic heterocycles. The number of aryl methyl sites for hydroxylation is 1. The molecule has 0 unspecified atom stereocenters. The molecule has 0 atom stereocenters. The molecule has 5 heteroatoms. The van der Waals surface area contributed by atoms with Crippen LogP contribution in [0.25, 0.3) is 5.69 Å². The molecular weight excluding hydrogens is 370 g/mol. The van der Waals surface area contributed by atoms with E-state index in [2.05, 4.69) is 6.92 Å². The zero-order valence-electron chi connectivity index (χ0n) is 16.4. The molecule has 1 amide bonds. The van der Waals surface area contributed by atoms with Crippen molar-refractivity contribution in [1.82, 2.24) is 14.7 Å². The molecule has 4 nitrogen and oxygen atoms in total. The van der Waals surface area contributed by atoms with E-state index in [1.54, 1.807) is 0 Å². The van der Waals surface area contributed by atoms with Crippen molar-refractivity contribution < 1.29 is 4.79 Å². The largest absolute Gasteiger partial charge is 0.341 e. The molecule has 1 aromatic heterocycles. The topological polar surface area (TPSA) is 38.1 Å². The number of benzene rings is 2. The number of nitrogens with zero attached hydrogens (tertiary/aromatic N) is 3. The predicted octanol–water partition coefficient (Wildman–Crippen LogP) is 4.83. The number of likely N-dealkylation sites (N-methyl/N-ethyl adjacent to an activating group) is 1. The maximum atomic E-state index is 13.3. The summed E-state index contributed by atoms with van der Waals surface area (Å²) in [6, 6.07) is 17.8. The first-order valence-corrected chi connectivity index (χ1v) is 9.92. The summed E-state index contributed by atoms with van der Waals surface area (Å²) in [7, 11) is 1.88. The van der Waals surface area contributed by atoms with Gasteiger partial charge in [-0.1, -0.05) is 41.9 Å². The fourth-order valence-electron chi connectivity index (χ4n) is 3.94. The van der Waals surface area contributed by atoms with Crippen LogP contribution in [0, 0.1) is 13.8 Å². The molecule has 4 rings (SSSR count). The third-order valence-electron chi connectivity index (χ3n) is 5.72. The Morgan fingerprint density at radius 2 is 1.86 bits per heavy atom. The summed E-state index contributed by atoms with van der Waals surface area (Å²) in [6.45, 7) is 4.61. The van der Waals surface area contributed by atoms with Gasteiger partial charge in [0, 0.05) is 29.9 Å². The highest BCUT2D eigenvalue weighted by atomic mass is 35.5. The number of halogens is 1. The lowest BCUT2D eigenvalue weighted by atomic mass is 9.94. The molecule has 1 aliphatic carbocycles. The van der Waals surface area contributed by atoms with Gasteiger partial charge in [0.2, 0.25) is 5.91 Å². The monoisotopic (exact) mass is 393 g/mol. The third-order valence-corrected chi connectivity index (χ3v) is 5.96. The van der Waals surface area contributed by atoms with Gasteiger partial charge in [0.05, 0.1) is 16.8 Å². The Kier molecular flexibility index (Phi) is 4.76. The van der Waals surface area contributed by atoms with Crippen molar-refractivity contribution in [2.45, 2.75) is 38.6 Å². The van der Waals surface area contributed by atoms with E-state index < -0.39 is 5.41 Å². The highest BCUT2D eigenvalue weighted by molar-refractivity contribution is 6.30. The van der Waals surface area contributed by atoms with Gasteiger partial charge in [0.15, 0.2) is 0 Å². The van der Waals surface area contributed by atoms with E-state index >= 15 is 0 Å². The maximum absolute atomic E-state index is 13.3. The average molecular weight is 394 g/mol. The SMILES string of the molecule is Cc1nn(-c2ccccc2)c(C)c1CN(C)C(=O)C1(c2cccc(Cl)c2)CC1. The Morgan fingerprint density at radius 3 is 2.50 bits per heavy atom. The van der Waals surface area contributed by atoms with Crippen LogP contribution in [-0.2, 0) is 16.8 Å². The molecule has 2 aromatic carbocycles. The second-order valence-corrected chi connectivity index (χ2v) is 8.09. The average Bonchev–Trinajstić information content (AvgIpc) is 3.46. The summed E-state index contributed by atoms with van der Waals surface area (Å²) in [6.07, 6.45) is 1.75. The molecule has 1 aliphatic rings. The number of aromatic nitrogens is 2. The summed E-state index contributed by atoms with van der Waals surface area (Å²) in [4.78, 5) is 15.1. The van der Waals surface area contributed by atoms with E-state index in [4.69, 9.17) is 16.7 Å². The van der Waals surface area contributed by atoms with Crippen LogP contribution in [0.2, 0.25) is 5.02 Å². The second kappa shape index (κ2) is 7.10. The Balaban J connectivity index is 1.58. The zero-order chi connectivity index (χ0) is 19.9. The first kappa shape index (κ1) is 18.8. The van der Waals surface area contributed by atoms with Crippen LogP contribution >= 0.6 is 11.6 Å². The van der Waals surface area contributed by atoms with Crippen molar-refractivity contribution >= 4 is 17.5 Å². The van der Waals surface area contributed by atoms with Gasteiger partial charge in [0.1, 0.15) is 0 Å². The molecule has 28 heavy (non-hydrogen) atoms. The lowest BCUT2D eigenvalue weighted by Gasteiger charge is -2.24. The Labute approximate surface area is 170 Å². The van der Waals surface area contributed by atoms with Crippen LogP contribution in [0.1, 0.15) is 35.4 Å². The minimum Gasteiger partial charge on any atom is -0.341 e. The second-order valence-electron chi connectivity index (χ2n) is 7.65. The van der Waals surface area contributed by atoms with Gasteiger partial charge in [-0.3, -0.25) is 4.79 Å². The lowest BCUT2D eigenvalue weighted by molar-refractivity contribution is -0.133. The van der Waals surface area contributed by atoms with Crippen LogP contribution in [0.15, 0.2) is 54.6 Å². The maximum Gasteiger partial charge on any atom is 0.233 e. The number of para-hydroxylation sites is 1. The molecule has 0 radical (unpaired) electrons. The van der Waals surface area contributed by atoms with Crippen molar-refractivity contribution in [2.24, 2.45) is 0 Å². The summed E-state index contributed by atoms with van der Waals surface area (Å²) >= 11 is 6.16. The fraction of sp³-hybridized carbons (Fsp3) is 0.304. The molecule has 144 valence electrons. The number of amides is 1. The molecule has 1 fully saturated rings.